The van der Waals surface area contributed by atoms with Crippen LogP contribution in [0.3, 0.4) is 0 Å². The SMILES string of the molecule is CCCCCCCCCCCC[N+](CCC(C)C(=O)O)(CCC(C)C(=O)O)CCC(C)C(=O)O. The molecular formula is C27H52NO6+. The summed E-state index contributed by atoms with van der Waals surface area (Å²) in [5.41, 5.74) is 0. The third-order valence-electron chi connectivity index (χ3n) is 7.36. The second-order valence-corrected chi connectivity index (χ2v) is 10.5. The monoisotopic (exact) mass is 486 g/mol. The Bertz CT molecular complexity index is 520. The highest BCUT2D eigenvalue weighted by Gasteiger charge is 2.31. The molecular weight excluding hydrogens is 434 g/mol. The highest BCUT2D eigenvalue weighted by Crippen LogP contribution is 2.22. The fourth-order valence-corrected chi connectivity index (χ4v) is 4.38. The molecule has 0 heterocycles. The summed E-state index contributed by atoms with van der Waals surface area (Å²) in [5.74, 6) is -3.89. The van der Waals surface area contributed by atoms with E-state index in [1.165, 1.54) is 51.4 Å². The molecule has 3 N–H and O–H groups in total. The first-order chi connectivity index (χ1) is 16.0. The van der Waals surface area contributed by atoms with E-state index in [1.807, 2.05) is 0 Å². The lowest BCUT2D eigenvalue weighted by atomic mass is 10.0. The van der Waals surface area contributed by atoms with E-state index >= 15 is 0 Å². The Morgan fingerprint density at radius 3 is 1.12 bits per heavy atom. The van der Waals surface area contributed by atoms with Crippen LogP contribution in [-0.2, 0) is 14.4 Å². The normalized spacial score (nSPS) is 15.9. The molecule has 0 aromatic carbocycles. The van der Waals surface area contributed by atoms with Crippen molar-refractivity contribution in [1.82, 2.24) is 0 Å². The third-order valence-corrected chi connectivity index (χ3v) is 7.36. The summed E-state index contributed by atoms with van der Waals surface area (Å²) in [6.07, 6.45) is 13.8. The van der Waals surface area contributed by atoms with E-state index in [0.29, 0.717) is 43.4 Å². The molecule has 3 atom stereocenters. The van der Waals surface area contributed by atoms with Gasteiger partial charge >= 0.3 is 17.9 Å². The van der Waals surface area contributed by atoms with Crippen molar-refractivity contribution >= 4 is 17.9 Å². The van der Waals surface area contributed by atoms with Gasteiger partial charge in [0.05, 0.1) is 43.9 Å². The van der Waals surface area contributed by atoms with E-state index in [4.69, 9.17) is 0 Å². The number of hydrogen-bond acceptors (Lipinski definition) is 3. The lowest BCUT2D eigenvalue weighted by Crippen LogP contribution is -2.52. The zero-order chi connectivity index (χ0) is 26.0. The van der Waals surface area contributed by atoms with Crippen LogP contribution in [0, 0.1) is 17.8 Å². The molecule has 200 valence electrons. The van der Waals surface area contributed by atoms with E-state index in [9.17, 15) is 29.7 Å². The van der Waals surface area contributed by atoms with Crippen molar-refractivity contribution in [2.45, 2.75) is 111 Å². The van der Waals surface area contributed by atoms with Crippen LogP contribution in [0.25, 0.3) is 0 Å². The summed E-state index contributed by atoms with van der Waals surface area (Å²) < 4.78 is 0.615. The van der Waals surface area contributed by atoms with Crippen molar-refractivity contribution in [1.29, 1.82) is 0 Å². The first-order valence-electron chi connectivity index (χ1n) is 13.6. The van der Waals surface area contributed by atoms with Gasteiger partial charge in [0, 0.05) is 19.3 Å². The van der Waals surface area contributed by atoms with E-state index in [-0.39, 0.29) is 0 Å². The average molecular weight is 487 g/mol. The van der Waals surface area contributed by atoms with Gasteiger partial charge in [0.25, 0.3) is 0 Å². The van der Waals surface area contributed by atoms with Crippen molar-refractivity contribution < 1.29 is 34.2 Å². The van der Waals surface area contributed by atoms with Crippen molar-refractivity contribution in [3.63, 3.8) is 0 Å². The second kappa shape index (κ2) is 18.7. The van der Waals surface area contributed by atoms with E-state index in [2.05, 4.69) is 6.92 Å². The number of quaternary nitrogens is 1. The van der Waals surface area contributed by atoms with Crippen LogP contribution in [0.5, 0.6) is 0 Å². The minimum absolute atomic E-state index is 0.473. The van der Waals surface area contributed by atoms with Gasteiger partial charge in [0.1, 0.15) is 0 Å². The molecule has 0 fully saturated rings. The predicted octanol–water partition coefficient (Wildman–Crippen LogP) is 6.06. The van der Waals surface area contributed by atoms with Crippen molar-refractivity contribution in [2.24, 2.45) is 17.8 Å². The van der Waals surface area contributed by atoms with Gasteiger partial charge in [-0.15, -0.1) is 0 Å². The van der Waals surface area contributed by atoms with Crippen LogP contribution in [0.4, 0.5) is 0 Å². The Morgan fingerprint density at radius 2 is 0.824 bits per heavy atom. The summed E-state index contributed by atoms with van der Waals surface area (Å²) in [4.78, 5) is 34.2. The van der Waals surface area contributed by atoms with Gasteiger partial charge in [-0.3, -0.25) is 14.4 Å². The van der Waals surface area contributed by atoms with Crippen LogP contribution in [0.2, 0.25) is 0 Å². The highest BCUT2D eigenvalue weighted by atomic mass is 16.4. The van der Waals surface area contributed by atoms with Crippen molar-refractivity contribution in [3.8, 4) is 0 Å². The van der Waals surface area contributed by atoms with Gasteiger partial charge in [0.2, 0.25) is 0 Å². The molecule has 0 saturated carbocycles. The number of rotatable bonds is 23. The number of aliphatic carboxylic acids is 3. The Morgan fingerprint density at radius 1 is 0.529 bits per heavy atom. The summed E-state index contributed by atoms with van der Waals surface area (Å²) >= 11 is 0. The summed E-state index contributed by atoms with van der Waals surface area (Å²) in [6.45, 7) is 10.1. The first kappa shape index (κ1) is 32.4. The van der Waals surface area contributed by atoms with Crippen LogP contribution in [-0.4, -0.2) is 63.9 Å². The summed E-state index contributed by atoms with van der Waals surface area (Å²) in [5, 5.41) is 28.1. The molecule has 0 saturated heterocycles. The molecule has 3 unspecified atom stereocenters. The van der Waals surface area contributed by atoms with Gasteiger partial charge in [-0.05, 0) is 12.8 Å². The zero-order valence-electron chi connectivity index (χ0n) is 22.3. The molecule has 0 rings (SSSR count). The smallest absolute Gasteiger partial charge is 0.306 e. The summed E-state index contributed by atoms with van der Waals surface area (Å²) in [6, 6.07) is 0. The van der Waals surface area contributed by atoms with Gasteiger partial charge in [0.15, 0.2) is 0 Å². The van der Waals surface area contributed by atoms with Gasteiger partial charge < -0.3 is 19.8 Å². The maximum Gasteiger partial charge on any atom is 0.306 e. The Balaban J connectivity index is 5.03. The van der Waals surface area contributed by atoms with E-state index in [0.717, 1.165) is 19.4 Å². The van der Waals surface area contributed by atoms with Gasteiger partial charge in [-0.25, -0.2) is 0 Å². The number of hydrogen-bond donors (Lipinski definition) is 3. The number of carbonyl (C=O) groups is 3. The van der Waals surface area contributed by atoms with Crippen LogP contribution < -0.4 is 0 Å². The predicted molar refractivity (Wildman–Crippen MR) is 136 cm³/mol. The van der Waals surface area contributed by atoms with Crippen LogP contribution in [0.1, 0.15) is 111 Å². The number of carboxylic acids is 3. The average Bonchev–Trinajstić information content (AvgIpc) is 2.79. The summed E-state index contributed by atoms with van der Waals surface area (Å²) in [7, 11) is 0. The largest absolute Gasteiger partial charge is 0.481 e. The quantitative estimate of drug-likeness (QED) is 0.120. The number of unbranched alkanes of at least 4 members (excludes halogenated alkanes) is 9. The minimum Gasteiger partial charge on any atom is -0.481 e. The molecule has 0 spiro atoms. The van der Waals surface area contributed by atoms with Crippen molar-refractivity contribution in [2.75, 3.05) is 26.2 Å². The maximum absolute atomic E-state index is 11.4. The second-order valence-electron chi connectivity index (χ2n) is 10.5. The van der Waals surface area contributed by atoms with Gasteiger partial charge in [-0.1, -0.05) is 79.1 Å². The Hall–Kier alpha value is -1.63. The molecule has 34 heavy (non-hydrogen) atoms. The van der Waals surface area contributed by atoms with E-state index in [1.54, 1.807) is 20.8 Å². The molecule has 7 heteroatoms. The zero-order valence-corrected chi connectivity index (χ0v) is 22.3. The Labute approximate surface area is 207 Å². The van der Waals surface area contributed by atoms with Crippen molar-refractivity contribution in [3.05, 3.63) is 0 Å². The molecule has 0 aliphatic carbocycles. The number of carboxylic acid groups (broad SMARTS) is 3. The van der Waals surface area contributed by atoms with Gasteiger partial charge in [-0.2, -0.15) is 0 Å². The van der Waals surface area contributed by atoms with Crippen LogP contribution in [0.15, 0.2) is 0 Å². The molecule has 0 aromatic rings. The third kappa shape index (κ3) is 15.3. The highest BCUT2D eigenvalue weighted by molar-refractivity contribution is 5.70. The number of nitrogens with zero attached hydrogens (tertiary/aromatic N) is 1. The molecule has 0 bridgehead atoms. The fourth-order valence-electron chi connectivity index (χ4n) is 4.38. The Kier molecular flexibility index (Phi) is 17.8. The van der Waals surface area contributed by atoms with E-state index < -0.39 is 35.7 Å². The lowest BCUT2D eigenvalue weighted by Gasteiger charge is -2.40. The standard InChI is InChI=1S/C27H51NO6/c1-5-6-7-8-9-10-11-12-13-14-18-28(19-15-22(2)25(29)30,20-16-23(3)26(31)32)21-17-24(4)27(33)34/h22-24H,5-21H2,1-4H3,(H2-,29,30,31,32,33,34)/p+1. The fraction of sp³-hybridized carbons (Fsp3) is 0.889. The van der Waals surface area contributed by atoms with Crippen LogP contribution >= 0.6 is 0 Å². The lowest BCUT2D eigenvalue weighted by molar-refractivity contribution is -0.929. The molecule has 0 radical (unpaired) electrons. The maximum atomic E-state index is 11.4. The first-order valence-corrected chi connectivity index (χ1v) is 13.6. The topological polar surface area (TPSA) is 112 Å². The molecule has 0 aromatic heterocycles. The molecule has 7 nitrogen and oxygen atoms in total. The molecule has 0 amide bonds. The molecule has 0 aliphatic heterocycles. The minimum atomic E-state index is -0.824. The molecule has 0 aliphatic rings.